The monoisotopic (exact) mass is 236 g/mol. The van der Waals surface area contributed by atoms with E-state index in [9.17, 15) is 4.79 Å². The molecule has 0 fully saturated rings. The molecule has 4 nitrogen and oxygen atoms in total. The summed E-state index contributed by atoms with van der Waals surface area (Å²) >= 11 is 1.43. The van der Waals surface area contributed by atoms with Crippen molar-refractivity contribution in [3.05, 3.63) is 17.8 Å². The fourth-order valence-corrected chi connectivity index (χ4v) is 2.69. The summed E-state index contributed by atoms with van der Waals surface area (Å²) in [6.07, 6.45) is 1.71. The number of hydrogen-bond acceptors (Lipinski definition) is 4. The van der Waals surface area contributed by atoms with Crippen molar-refractivity contribution >= 4 is 17.7 Å². The van der Waals surface area contributed by atoms with Gasteiger partial charge in [-0.15, -0.1) is 0 Å². The average molecular weight is 236 g/mol. The van der Waals surface area contributed by atoms with E-state index in [1.165, 1.54) is 11.8 Å². The van der Waals surface area contributed by atoms with Crippen molar-refractivity contribution in [2.45, 2.75) is 36.8 Å². The molecule has 84 valence electrons. The lowest BCUT2D eigenvalue weighted by Gasteiger charge is -2.07. The van der Waals surface area contributed by atoms with E-state index in [-0.39, 0.29) is 17.3 Å². The third-order valence-corrected chi connectivity index (χ3v) is 3.45. The van der Waals surface area contributed by atoms with Crippen LogP contribution in [0.15, 0.2) is 17.3 Å². The maximum atomic E-state index is 11.7. The highest BCUT2D eigenvalue weighted by Gasteiger charge is 2.27. The van der Waals surface area contributed by atoms with Gasteiger partial charge < -0.3 is 9.30 Å². The van der Waals surface area contributed by atoms with Gasteiger partial charge in [-0.3, -0.25) is 0 Å². The number of esters is 1. The van der Waals surface area contributed by atoms with Crippen LogP contribution in [0, 0.1) is 11.3 Å². The number of carbonyl (C=O) groups excluding carboxylic acids is 1. The van der Waals surface area contributed by atoms with E-state index in [1.807, 2.05) is 24.6 Å². The molecule has 1 atom stereocenters. The molecule has 1 aliphatic heterocycles. The first-order valence-corrected chi connectivity index (χ1v) is 5.96. The molecule has 1 aromatic rings. The summed E-state index contributed by atoms with van der Waals surface area (Å²) in [6, 6.07) is 3.94. The molecular formula is C11H12N2O2S. The van der Waals surface area contributed by atoms with Crippen molar-refractivity contribution in [2.24, 2.45) is 0 Å². The third-order valence-electron chi connectivity index (χ3n) is 2.24. The van der Waals surface area contributed by atoms with Gasteiger partial charge in [0, 0.05) is 12.7 Å². The second-order valence-corrected chi connectivity index (χ2v) is 5.07. The van der Waals surface area contributed by atoms with Gasteiger partial charge in [-0.25, -0.2) is 4.79 Å². The number of carbonyl (C=O) groups is 1. The molecule has 0 spiro atoms. The average Bonchev–Trinajstić information content (AvgIpc) is 2.73. The predicted molar refractivity (Wildman–Crippen MR) is 60.2 cm³/mol. The molecule has 0 radical (unpaired) electrons. The van der Waals surface area contributed by atoms with E-state index in [0.717, 1.165) is 5.03 Å². The first kappa shape index (κ1) is 11.1. The van der Waals surface area contributed by atoms with Gasteiger partial charge in [-0.2, -0.15) is 5.26 Å². The number of aromatic nitrogens is 1. The van der Waals surface area contributed by atoms with Crippen LogP contribution >= 0.6 is 11.8 Å². The number of fused-ring (bicyclic) bond motifs is 1. The maximum absolute atomic E-state index is 11.7. The van der Waals surface area contributed by atoms with Crippen molar-refractivity contribution in [1.29, 1.82) is 5.26 Å². The van der Waals surface area contributed by atoms with Crippen LogP contribution in [0.3, 0.4) is 0 Å². The minimum atomic E-state index is -0.310. The Hall–Kier alpha value is -1.41. The molecule has 0 saturated heterocycles. The Morgan fingerprint density at radius 1 is 1.75 bits per heavy atom. The van der Waals surface area contributed by atoms with Gasteiger partial charge in [0.05, 0.1) is 22.8 Å². The molecule has 0 amide bonds. The Bertz CT molecular complexity index is 459. The van der Waals surface area contributed by atoms with Gasteiger partial charge >= 0.3 is 5.97 Å². The van der Waals surface area contributed by atoms with Gasteiger partial charge in [-0.1, -0.05) is 11.8 Å². The van der Waals surface area contributed by atoms with Crippen LogP contribution in [-0.4, -0.2) is 21.9 Å². The third kappa shape index (κ3) is 1.93. The van der Waals surface area contributed by atoms with E-state index in [0.29, 0.717) is 12.1 Å². The van der Waals surface area contributed by atoms with E-state index < -0.39 is 0 Å². The number of rotatable bonds is 2. The van der Waals surface area contributed by atoms with Crippen LogP contribution in [0.2, 0.25) is 0 Å². The van der Waals surface area contributed by atoms with Gasteiger partial charge in [0.2, 0.25) is 0 Å². The molecule has 5 heteroatoms. The molecule has 0 saturated carbocycles. The van der Waals surface area contributed by atoms with Gasteiger partial charge in [0.1, 0.15) is 5.25 Å². The standard InChI is InChI=1S/C11H12N2O2S/c1-7(2)15-11(14)9-3-4-13-6-8(5-12)16-10(9)13/h3-4,7-8H,6H2,1-2H3. The first-order chi connectivity index (χ1) is 7.61. The molecule has 1 aliphatic rings. The SMILES string of the molecule is CC(C)OC(=O)c1ccn2c1SC(C#N)C2. The fourth-order valence-electron chi connectivity index (χ4n) is 1.58. The van der Waals surface area contributed by atoms with Crippen molar-refractivity contribution in [3.63, 3.8) is 0 Å². The lowest BCUT2D eigenvalue weighted by molar-refractivity contribution is 0.0373. The van der Waals surface area contributed by atoms with E-state index in [4.69, 9.17) is 10.00 Å². The van der Waals surface area contributed by atoms with Crippen LogP contribution in [0.4, 0.5) is 0 Å². The Kier molecular flexibility index (Phi) is 2.92. The summed E-state index contributed by atoms with van der Waals surface area (Å²) in [5.74, 6) is -0.310. The molecule has 1 unspecified atom stereocenters. The van der Waals surface area contributed by atoms with Gasteiger partial charge in [0.25, 0.3) is 0 Å². The molecule has 0 bridgehead atoms. The highest BCUT2D eigenvalue weighted by molar-refractivity contribution is 8.00. The summed E-state index contributed by atoms with van der Waals surface area (Å²) in [5.41, 5.74) is 0.566. The summed E-state index contributed by atoms with van der Waals surface area (Å²) in [4.78, 5) is 11.7. The van der Waals surface area contributed by atoms with Crippen LogP contribution in [0.5, 0.6) is 0 Å². The largest absolute Gasteiger partial charge is 0.459 e. The smallest absolute Gasteiger partial charge is 0.341 e. The molecule has 0 aromatic carbocycles. The number of hydrogen-bond donors (Lipinski definition) is 0. The highest BCUT2D eigenvalue weighted by Crippen LogP contribution is 2.35. The minimum Gasteiger partial charge on any atom is -0.459 e. The van der Waals surface area contributed by atoms with E-state index in [2.05, 4.69) is 6.07 Å². The van der Waals surface area contributed by atoms with Crippen LogP contribution < -0.4 is 0 Å². The normalized spacial score (nSPS) is 18.2. The van der Waals surface area contributed by atoms with Crippen LogP contribution in [0.25, 0.3) is 0 Å². The van der Waals surface area contributed by atoms with Crippen molar-refractivity contribution < 1.29 is 9.53 Å². The summed E-state index contributed by atoms with van der Waals surface area (Å²) in [7, 11) is 0. The number of ether oxygens (including phenoxy) is 1. The molecular weight excluding hydrogens is 224 g/mol. The summed E-state index contributed by atoms with van der Waals surface area (Å²) < 4.78 is 7.07. The Labute approximate surface area is 98.2 Å². The van der Waals surface area contributed by atoms with Crippen LogP contribution in [-0.2, 0) is 11.3 Å². The molecule has 1 aromatic heterocycles. The lowest BCUT2D eigenvalue weighted by atomic mass is 10.3. The minimum absolute atomic E-state index is 0.0956. The van der Waals surface area contributed by atoms with Gasteiger partial charge in [0.15, 0.2) is 0 Å². The van der Waals surface area contributed by atoms with Crippen LogP contribution in [0.1, 0.15) is 24.2 Å². The van der Waals surface area contributed by atoms with Crippen molar-refractivity contribution in [1.82, 2.24) is 4.57 Å². The zero-order valence-electron chi connectivity index (χ0n) is 9.14. The Morgan fingerprint density at radius 2 is 2.50 bits per heavy atom. The summed E-state index contributed by atoms with van der Waals surface area (Å²) in [6.45, 7) is 4.28. The first-order valence-electron chi connectivity index (χ1n) is 5.08. The maximum Gasteiger partial charge on any atom is 0.341 e. The molecule has 0 aliphatic carbocycles. The molecule has 2 rings (SSSR count). The zero-order chi connectivity index (χ0) is 11.7. The number of nitrogens with zero attached hydrogens (tertiary/aromatic N) is 2. The number of thioether (sulfide) groups is 1. The van der Waals surface area contributed by atoms with E-state index >= 15 is 0 Å². The van der Waals surface area contributed by atoms with Gasteiger partial charge in [-0.05, 0) is 19.9 Å². The zero-order valence-corrected chi connectivity index (χ0v) is 9.95. The highest BCUT2D eigenvalue weighted by atomic mass is 32.2. The Morgan fingerprint density at radius 3 is 3.12 bits per heavy atom. The second kappa shape index (κ2) is 4.22. The predicted octanol–water partition coefficient (Wildman–Crippen LogP) is 2.05. The quantitative estimate of drug-likeness (QED) is 0.737. The molecule has 0 N–H and O–H groups in total. The molecule has 2 heterocycles. The second-order valence-electron chi connectivity index (χ2n) is 3.88. The van der Waals surface area contributed by atoms with E-state index in [1.54, 1.807) is 6.07 Å². The summed E-state index contributed by atoms with van der Waals surface area (Å²) in [5, 5.41) is 9.58. The topological polar surface area (TPSA) is 55.0 Å². The molecule has 16 heavy (non-hydrogen) atoms. The van der Waals surface area contributed by atoms with Crippen molar-refractivity contribution in [3.8, 4) is 6.07 Å². The lowest BCUT2D eigenvalue weighted by Crippen LogP contribution is -2.11. The number of nitriles is 1. The van der Waals surface area contributed by atoms with Crippen molar-refractivity contribution in [2.75, 3.05) is 0 Å². The Balaban J connectivity index is 2.20. The fraction of sp³-hybridized carbons (Fsp3) is 0.455.